The van der Waals surface area contributed by atoms with Crippen LogP contribution in [0.25, 0.3) is 11.4 Å². The van der Waals surface area contributed by atoms with E-state index in [4.69, 9.17) is 5.73 Å². The molecule has 0 aromatic carbocycles. The number of thiazole rings is 1. The van der Waals surface area contributed by atoms with Crippen molar-refractivity contribution in [1.29, 1.82) is 0 Å². The molecule has 2 N–H and O–H groups in total. The summed E-state index contributed by atoms with van der Waals surface area (Å²) >= 11 is 1.70. The zero-order valence-corrected chi connectivity index (χ0v) is 9.42. The van der Waals surface area contributed by atoms with Gasteiger partial charge in [0, 0.05) is 17.5 Å². The quantitative estimate of drug-likeness (QED) is 0.859. The van der Waals surface area contributed by atoms with Crippen LogP contribution < -0.4 is 5.73 Å². The minimum Gasteiger partial charge on any atom is -0.330 e. The Morgan fingerprint density at radius 3 is 2.93 bits per heavy atom. The normalized spacial score (nSPS) is 10.5. The van der Waals surface area contributed by atoms with Crippen molar-refractivity contribution in [1.82, 2.24) is 9.97 Å². The monoisotopic (exact) mass is 219 g/mol. The Bertz CT molecular complexity index is 436. The highest BCUT2D eigenvalue weighted by molar-refractivity contribution is 7.12. The molecule has 2 rings (SSSR count). The van der Waals surface area contributed by atoms with Gasteiger partial charge in [0.15, 0.2) is 0 Å². The predicted octanol–water partition coefficient (Wildman–Crippen LogP) is 2.01. The second-order valence-electron chi connectivity index (χ2n) is 3.27. The molecule has 2 aromatic rings. The maximum Gasteiger partial charge on any atom is 0.103 e. The van der Waals surface area contributed by atoms with E-state index in [1.165, 1.54) is 4.88 Å². The minimum atomic E-state index is 0.647. The van der Waals surface area contributed by atoms with Crippen LogP contribution in [-0.4, -0.2) is 16.5 Å². The van der Waals surface area contributed by atoms with E-state index in [1.54, 1.807) is 17.5 Å². The lowest BCUT2D eigenvalue weighted by atomic mass is 10.2. The summed E-state index contributed by atoms with van der Waals surface area (Å²) in [5, 5.41) is 1.09. The maximum absolute atomic E-state index is 5.51. The van der Waals surface area contributed by atoms with Gasteiger partial charge in [-0.05, 0) is 25.6 Å². The first-order chi connectivity index (χ1) is 7.31. The summed E-state index contributed by atoms with van der Waals surface area (Å²) in [5.41, 5.74) is 7.44. The molecule has 0 aliphatic heterocycles. The van der Waals surface area contributed by atoms with Gasteiger partial charge in [-0.3, -0.25) is 4.98 Å². The first-order valence-corrected chi connectivity index (χ1v) is 5.70. The van der Waals surface area contributed by atoms with Gasteiger partial charge in [-0.15, -0.1) is 11.3 Å². The lowest BCUT2D eigenvalue weighted by Gasteiger charge is -1.95. The molecule has 0 bridgehead atoms. The Hall–Kier alpha value is -1.26. The molecule has 0 amide bonds. The van der Waals surface area contributed by atoms with E-state index in [1.807, 2.05) is 18.2 Å². The summed E-state index contributed by atoms with van der Waals surface area (Å²) in [7, 11) is 0. The van der Waals surface area contributed by atoms with E-state index < -0.39 is 0 Å². The van der Waals surface area contributed by atoms with E-state index in [-0.39, 0.29) is 0 Å². The molecule has 2 aromatic heterocycles. The summed E-state index contributed by atoms with van der Waals surface area (Å²) in [6.45, 7) is 2.72. The van der Waals surface area contributed by atoms with E-state index in [2.05, 4.69) is 16.9 Å². The molecule has 4 heteroatoms. The average molecular weight is 219 g/mol. The third kappa shape index (κ3) is 2.22. The molecule has 0 fully saturated rings. The first-order valence-electron chi connectivity index (χ1n) is 4.89. The van der Waals surface area contributed by atoms with E-state index >= 15 is 0 Å². The number of aryl methyl sites for hydroxylation is 1. The summed E-state index contributed by atoms with van der Waals surface area (Å²) in [4.78, 5) is 10.0. The van der Waals surface area contributed by atoms with Crippen molar-refractivity contribution in [2.24, 2.45) is 5.73 Å². The molecule has 0 spiro atoms. The van der Waals surface area contributed by atoms with Gasteiger partial charge in [0.2, 0.25) is 0 Å². The Morgan fingerprint density at radius 2 is 2.27 bits per heavy atom. The standard InChI is InChI=1S/C11H13N3S/c1-8-11(9-4-2-3-7-13-9)14-10(15-8)5-6-12/h2-4,7H,5-6,12H2,1H3. The third-order valence-electron chi connectivity index (χ3n) is 2.11. The van der Waals surface area contributed by atoms with Crippen molar-refractivity contribution < 1.29 is 0 Å². The number of hydrogen-bond acceptors (Lipinski definition) is 4. The summed E-state index contributed by atoms with van der Waals surface area (Å²) in [5.74, 6) is 0. The Morgan fingerprint density at radius 1 is 1.40 bits per heavy atom. The highest BCUT2D eigenvalue weighted by Gasteiger charge is 2.09. The molecule has 15 heavy (non-hydrogen) atoms. The van der Waals surface area contributed by atoms with E-state index in [0.717, 1.165) is 22.8 Å². The molecule has 0 unspecified atom stereocenters. The SMILES string of the molecule is Cc1sc(CCN)nc1-c1ccccn1. The molecule has 0 radical (unpaired) electrons. The van der Waals surface area contributed by atoms with Gasteiger partial charge < -0.3 is 5.73 Å². The Labute approximate surface area is 93.0 Å². The summed E-state index contributed by atoms with van der Waals surface area (Å²) < 4.78 is 0. The van der Waals surface area contributed by atoms with E-state index in [0.29, 0.717) is 6.54 Å². The van der Waals surface area contributed by atoms with Gasteiger partial charge in [0.1, 0.15) is 5.69 Å². The molecular weight excluding hydrogens is 206 g/mol. The van der Waals surface area contributed by atoms with Crippen LogP contribution in [-0.2, 0) is 6.42 Å². The maximum atomic E-state index is 5.51. The van der Waals surface area contributed by atoms with Crippen molar-refractivity contribution in [2.75, 3.05) is 6.54 Å². The fourth-order valence-electron chi connectivity index (χ4n) is 1.42. The minimum absolute atomic E-state index is 0.647. The Balaban J connectivity index is 2.36. The van der Waals surface area contributed by atoms with Gasteiger partial charge in [0.05, 0.1) is 10.7 Å². The van der Waals surface area contributed by atoms with Crippen LogP contribution in [0.4, 0.5) is 0 Å². The summed E-state index contributed by atoms with van der Waals surface area (Å²) in [6.07, 6.45) is 2.63. The van der Waals surface area contributed by atoms with Crippen molar-refractivity contribution in [2.45, 2.75) is 13.3 Å². The molecule has 2 heterocycles. The van der Waals surface area contributed by atoms with Crippen LogP contribution in [0.1, 0.15) is 9.88 Å². The van der Waals surface area contributed by atoms with Gasteiger partial charge >= 0.3 is 0 Å². The van der Waals surface area contributed by atoms with E-state index in [9.17, 15) is 0 Å². The smallest absolute Gasteiger partial charge is 0.103 e. The predicted molar refractivity (Wildman–Crippen MR) is 62.8 cm³/mol. The van der Waals surface area contributed by atoms with Crippen LogP contribution >= 0.6 is 11.3 Å². The Kier molecular flexibility index (Phi) is 3.08. The summed E-state index contributed by atoms with van der Waals surface area (Å²) in [6, 6.07) is 5.87. The molecule has 0 saturated carbocycles. The zero-order valence-electron chi connectivity index (χ0n) is 8.60. The van der Waals surface area contributed by atoms with Gasteiger partial charge in [-0.1, -0.05) is 6.07 Å². The number of rotatable bonds is 3. The van der Waals surface area contributed by atoms with Crippen LogP contribution in [0.3, 0.4) is 0 Å². The lowest BCUT2D eigenvalue weighted by molar-refractivity contribution is 0.953. The molecule has 0 aliphatic carbocycles. The first kappa shape index (κ1) is 10.3. The average Bonchev–Trinajstić information content (AvgIpc) is 2.61. The van der Waals surface area contributed by atoms with Crippen molar-refractivity contribution in [3.05, 3.63) is 34.3 Å². The fraction of sp³-hybridized carbons (Fsp3) is 0.273. The fourth-order valence-corrected chi connectivity index (χ4v) is 2.38. The largest absolute Gasteiger partial charge is 0.330 e. The van der Waals surface area contributed by atoms with Crippen LogP contribution in [0.5, 0.6) is 0 Å². The number of aromatic nitrogens is 2. The van der Waals surface area contributed by atoms with Crippen LogP contribution in [0.2, 0.25) is 0 Å². The number of pyridine rings is 1. The van der Waals surface area contributed by atoms with Crippen molar-refractivity contribution in [3.63, 3.8) is 0 Å². The number of nitrogens with zero attached hydrogens (tertiary/aromatic N) is 2. The molecule has 78 valence electrons. The molecule has 0 saturated heterocycles. The molecule has 3 nitrogen and oxygen atoms in total. The molecule has 0 aliphatic rings. The number of nitrogens with two attached hydrogens (primary N) is 1. The van der Waals surface area contributed by atoms with Gasteiger partial charge in [-0.2, -0.15) is 0 Å². The van der Waals surface area contributed by atoms with Crippen LogP contribution in [0, 0.1) is 6.92 Å². The van der Waals surface area contributed by atoms with Crippen molar-refractivity contribution in [3.8, 4) is 11.4 Å². The second kappa shape index (κ2) is 4.51. The van der Waals surface area contributed by atoms with Gasteiger partial charge in [-0.25, -0.2) is 4.98 Å². The lowest BCUT2D eigenvalue weighted by Crippen LogP contribution is -2.02. The van der Waals surface area contributed by atoms with Gasteiger partial charge in [0.25, 0.3) is 0 Å². The topological polar surface area (TPSA) is 51.8 Å². The second-order valence-corrected chi connectivity index (χ2v) is 4.55. The third-order valence-corrected chi connectivity index (χ3v) is 3.14. The highest BCUT2D eigenvalue weighted by atomic mass is 32.1. The molecule has 0 atom stereocenters. The highest BCUT2D eigenvalue weighted by Crippen LogP contribution is 2.25. The zero-order chi connectivity index (χ0) is 10.7. The van der Waals surface area contributed by atoms with Crippen LogP contribution in [0.15, 0.2) is 24.4 Å². The van der Waals surface area contributed by atoms with Crippen molar-refractivity contribution >= 4 is 11.3 Å². The molecular formula is C11H13N3S. The number of hydrogen-bond donors (Lipinski definition) is 1.